The van der Waals surface area contributed by atoms with Gasteiger partial charge < -0.3 is 15.3 Å². The Morgan fingerprint density at radius 3 is 2.79 bits per heavy atom. The van der Waals surface area contributed by atoms with Crippen LogP contribution in [-0.4, -0.2) is 49.3 Å². The van der Waals surface area contributed by atoms with Crippen LogP contribution in [0.5, 0.6) is 0 Å². The predicted octanol–water partition coefficient (Wildman–Crippen LogP) is 0.687. The number of nitrogens with zero attached hydrogens (tertiary/aromatic N) is 1. The lowest BCUT2D eigenvalue weighted by molar-refractivity contribution is 0.129. The Hall–Kier alpha value is -0.120. The van der Waals surface area contributed by atoms with Crippen LogP contribution in [0.25, 0.3) is 0 Å². The van der Waals surface area contributed by atoms with Gasteiger partial charge >= 0.3 is 0 Å². The average Bonchev–Trinajstić information content (AvgIpc) is 2.50. The van der Waals surface area contributed by atoms with Crippen molar-refractivity contribution in [1.82, 2.24) is 10.2 Å². The molecule has 2 N–H and O–H groups in total. The zero-order valence-corrected chi connectivity index (χ0v) is 9.66. The Morgan fingerprint density at radius 1 is 1.50 bits per heavy atom. The van der Waals surface area contributed by atoms with E-state index in [-0.39, 0.29) is 6.10 Å². The Morgan fingerprint density at radius 2 is 2.21 bits per heavy atom. The van der Waals surface area contributed by atoms with Crippen LogP contribution in [0, 0.1) is 5.92 Å². The third-order valence-electron chi connectivity index (χ3n) is 3.15. The molecule has 0 bridgehead atoms. The van der Waals surface area contributed by atoms with E-state index in [0.29, 0.717) is 6.04 Å². The molecule has 14 heavy (non-hydrogen) atoms. The number of nitrogens with one attached hydrogen (secondary N) is 1. The molecular formula is C11H24N2O. The molecule has 0 amide bonds. The van der Waals surface area contributed by atoms with E-state index in [4.69, 9.17) is 0 Å². The smallest absolute Gasteiger partial charge is 0.0638 e. The molecule has 0 saturated heterocycles. The summed E-state index contributed by atoms with van der Waals surface area (Å²) in [6, 6.07) is 0.687. The topological polar surface area (TPSA) is 35.5 Å². The molecule has 0 spiro atoms. The summed E-state index contributed by atoms with van der Waals surface area (Å²) in [5, 5.41) is 12.6. The molecule has 3 heteroatoms. The summed E-state index contributed by atoms with van der Waals surface area (Å²) in [7, 11) is 4.15. The van der Waals surface area contributed by atoms with E-state index >= 15 is 0 Å². The second-order valence-corrected chi connectivity index (χ2v) is 4.66. The van der Waals surface area contributed by atoms with Crippen LogP contribution < -0.4 is 5.32 Å². The van der Waals surface area contributed by atoms with Crippen LogP contribution >= 0.6 is 0 Å². The number of aliphatic hydroxyl groups excluding tert-OH is 1. The van der Waals surface area contributed by atoms with Crippen molar-refractivity contribution in [1.29, 1.82) is 0 Å². The molecule has 1 rings (SSSR count). The van der Waals surface area contributed by atoms with Gasteiger partial charge in [0, 0.05) is 19.1 Å². The van der Waals surface area contributed by atoms with Gasteiger partial charge in [-0.1, -0.05) is 6.42 Å². The molecule has 84 valence electrons. The highest BCUT2D eigenvalue weighted by molar-refractivity contribution is 4.83. The molecule has 0 aromatic carbocycles. The standard InChI is InChI=1S/C11H24N2O/c1-9(14)7-13(3)8-10-5-4-6-11(10)12-2/h9-12,14H,4-8H2,1-3H3. The summed E-state index contributed by atoms with van der Waals surface area (Å²) < 4.78 is 0. The summed E-state index contributed by atoms with van der Waals surface area (Å²) in [6.07, 6.45) is 3.77. The first-order valence-electron chi connectivity index (χ1n) is 5.67. The summed E-state index contributed by atoms with van der Waals surface area (Å²) in [6.45, 7) is 3.74. The molecule has 3 unspecified atom stereocenters. The van der Waals surface area contributed by atoms with E-state index in [1.165, 1.54) is 19.3 Å². The maximum absolute atomic E-state index is 9.26. The number of aliphatic hydroxyl groups is 1. The van der Waals surface area contributed by atoms with Crippen molar-refractivity contribution in [2.24, 2.45) is 5.92 Å². The van der Waals surface area contributed by atoms with E-state index in [1.54, 1.807) is 0 Å². The van der Waals surface area contributed by atoms with Gasteiger partial charge in [0.15, 0.2) is 0 Å². The van der Waals surface area contributed by atoms with Crippen LogP contribution in [0.15, 0.2) is 0 Å². The summed E-state index contributed by atoms with van der Waals surface area (Å²) in [5.74, 6) is 0.767. The van der Waals surface area contributed by atoms with Crippen molar-refractivity contribution >= 4 is 0 Å². The predicted molar refractivity (Wildman–Crippen MR) is 59.4 cm³/mol. The molecule has 1 aliphatic carbocycles. The van der Waals surface area contributed by atoms with Crippen molar-refractivity contribution in [3.05, 3.63) is 0 Å². The normalized spacial score (nSPS) is 29.8. The van der Waals surface area contributed by atoms with Crippen LogP contribution in [0.2, 0.25) is 0 Å². The van der Waals surface area contributed by atoms with Gasteiger partial charge in [-0.25, -0.2) is 0 Å². The zero-order chi connectivity index (χ0) is 10.6. The Kier molecular flexibility index (Phi) is 4.85. The highest BCUT2D eigenvalue weighted by Crippen LogP contribution is 2.25. The number of hydrogen-bond acceptors (Lipinski definition) is 3. The molecule has 0 aromatic heterocycles. The van der Waals surface area contributed by atoms with Crippen molar-refractivity contribution in [3.63, 3.8) is 0 Å². The average molecular weight is 200 g/mol. The van der Waals surface area contributed by atoms with E-state index in [2.05, 4.69) is 24.3 Å². The van der Waals surface area contributed by atoms with Crippen LogP contribution in [-0.2, 0) is 0 Å². The Labute approximate surface area is 87.5 Å². The van der Waals surface area contributed by atoms with Gasteiger partial charge in [-0.2, -0.15) is 0 Å². The lowest BCUT2D eigenvalue weighted by atomic mass is 10.0. The third-order valence-corrected chi connectivity index (χ3v) is 3.15. The van der Waals surface area contributed by atoms with Crippen molar-refractivity contribution in [2.45, 2.75) is 38.3 Å². The van der Waals surface area contributed by atoms with Gasteiger partial charge in [-0.05, 0) is 39.8 Å². The van der Waals surface area contributed by atoms with Gasteiger partial charge in [-0.3, -0.25) is 0 Å². The summed E-state index contributed by atoms with van der Waals surface area (Å²) in [4.78, 5) is 2.24. The van der Waals surface area contributed by atoms with Crippen LogP contribution in [0.3, 0.4) is 0 Å². The van der Waals surface area contributed by atoms with Crippen molar-refractivity contribution in [3.8, 4) is 0 Å². The summed E-state index contributed by atoms with van der Waals surface area (Å²) in [5.41, 5.74) is 0. The molecule has 0 aliphatic heterocycles. The number of likely N-dealkylation sites (N-methyl/N-ethyl adjacent to an activating group) is 1. The lowest BCUT2D eigenvalue weighted by Gasteiger charge is -2.26. The monoisotopic (exact) mass is 200 g/mol. The summed E-state index contributed by atoms with van der Waals surface area (Å²) >= 11 is 0. The first kappa shape index (κ1) is 12.0. The minimum absolute atomic E-state index is 0.213. The van der Waals surface area contributed by atoms with Crippen LogP contribution in [0.1, 0.15) is 26.2 Å². The molecule has 3 atom stereocenters. The molecule has 0 heterocycles. The molecule has 1 saturated carbocycles. The quantitative estimate of drug-likeness (QED) is 0.685. The zero-order valence-electron chi connectivity index (χ0n) is 9.66. The number of hydrogen-bond donors (Lipinski definition) is 2. The fourth-order valence-corrected chi connectivity index (χ4v) is 2.56. The maximum Gasteiger partial charge on any atom is 0.0638 e. The first-order valence-corrected chi connectivity index (χ1v) is 5.67. The van der Waals surface area contributed by atoms with E-state index in [0.717, 1.165) is 19.0 Å². The van der Waals surface area contributed by atoms with Crippen molar-refractivity contribution < 1.29 is 5.11 Å². The highest BCUT2D eigenvalue weighted by atomic mass is 16.3. The van der Waals surface area contributed by atoms with E-state index in [9.17, 15) is 5.11 Å². The molecule has 3 nitrogen and oxygen atoms in total. The maximum atomic E-state index is 9.26. The minimum Gasteiger partial charge on any atom is -0.392 e. The van der Waals surface area contributed by atoms with E-state index in [1.807, 2.05) is 6.92 Å². The molecule has 0 aromatic rings. The lowest BCUT2D eigenvalue weighted by Crippen LogP contribution is -2.38. The van der Waals surface area contributed by atoms with Gasteiger partial charge in [0.05, 0.1) is 6.10 Å². The highest BCUT2D eigenvalue weighted by Gasteiger charge is 2.26. The van der Waals surface area contributed by atoms with Gasteiger partial charge in [0.2, 0.25) is 0 Å². The Balaban J connectivity index is 2.28. The third kappa shape index (κ3) is 3.56. The second-order valence-electron chi connectivity index (χ2n) is 4.66. The second kappa shape index (κ2) is 5.69. The van der Waals surface area contributed by atoms with Gasteiger partial charge in [0.1, 0.15) is 0 Å². The SMILES string of the molecule is CNC1CCCC1CN(C)CC(C)O. The molecule has 1 aliphatic rings. The largest absolute Gasteiger partial charge is 0.392 e. The minimum atomic E-state index is -0.213. The van der Waals surface area contributed by atoms with Gasteiger partial charge in [0.25, 0.3) is 0 Å². The Bertz CT molecular complexity index is 161. The first-order chi connectivity index (χ1) is 6.63. The molecular weight excluding hydrogens is 176 g/mol. The molecule has 0 radical (unpaired) electrons. The molecule has 1 fully saturated rings. The fraction of sp³-hybridized carbons (Fsp3) is 1.00. The van der Waals surface area contributed by atoms with Crippen molar-refractivity contribution in [2.75, 3.05) is 27.2 Å². The van der Waals surface area contributed by atoms with Crippen LogP contribution in [0.4, 0.5) is 0 Å². The van der Waals surface area contributed by atoms with Gasteiger partial charge in [-0.15, -0.1) is 0 Å². The number of rotatable bonds is 5. The van der Waals surface area contributed by atoms with E-state index < -0.39 is 0 Å². The fourth-order valence-electron chi connectivity index (χ4n) is 2.56.